The van der Waals surface area contributed by atoms with Crippen LogP contribution in [0.5, 0.6) is 0 Å². The Morgan fingerprint density at radius 3 is 2.81 bits per heavy atom. The lowest BCUT2D eigenvalue weighted by Crippen LogP contribution is -2.33. The molecule has 0 bridgehead atoms. The predicted octanol–water partition coefficient (Wildman–Crippen LogP) is 2.16. The normalized spacial score (nSPS) is 22.2. The first-order valence-corrected chi connectivity index (χ1v) is 6.35. The van der Waals surface area contributed by atoms with Crippen LogP contribution in [0.15, 0.2) is 0 Å². The molecule has 1 rings (SSSR count). The molecule has 1 aliphatic rings. The third-order valence-corrected chi connectivity index (χ3v) is 3.51. The van der Waals surface area contributed by atoms with Crippen molar-refractivity contribution in [2.24, 2.45) is 5.41 Å². The SMILES string of the molecule is CC(C)(C#N)CCCCN1CCC[C@H]1CO. The maximum absolute atomic E-state index is 9.18. The highest BCUT2D eigenvalue weighted by Gasteiger charge is 2.23. The third-order valence-electron chi connectivity index (χ3n) is 3.51. The average Bonchev–Trinajstić information content (AvgIpc) is 2.72. The van der Waals surface area contributed by atoms with E-state index >= 15 is 0 Å². The van der Waals surface area contributed by atoms with Crippen molar-refractivity contribution in [2.45, 2.75) is 52.0 Å². The highest BCUT2D eigenvalue weighted by atomic mass is 16.3. The van der Waals surface area contributed by atoms with Gasteiger partial charge in [0.1, 0.15) is 0 Å². The van der Waals surface area contributed by atoms with Crippen molar-refractivity contribution in [2.75, 3.05) is 19.7 Å². The molecule has 0 aromatic carbocycles. The summed E-state index contributed by atoms with van der Waals surface area (Å²) in [5.74, 6) is 0. The fraction of sp³-hybridized carbons (Fsp3) is 0.923. The molecule has 3 nitrogen and oxygen atoms in total. The summed E-state index contributed by atoms with van der Waals surface area (Å²) in [6.07, 6.45) is 5.58. The second-order valence-electron chi connectivity index (χ2n) is 5.47. The van der Waals surface area contributed by atoms with Crippen LogP contribution in [0.4, 0.5) is 0 Å². The van der Waals surface area contributed by atoms with E-state index in [1.165, 1.54) is 6.42 Å². The minimum absolute atomic E-state index is 0.179. The van der Waals surface area contributed by atoms with Gasteiger partial charge in [0.15, 0.2) is 0 Å². The molecule has 3 heteroatoms. The molecule has 0 aromatic heterocycles. The van der Waals surface area contributed by atoms with E-state index in [0.29, 0.717) is 12.6 Å². The monoisotopic (exact) mass is 224 g/mol. The second kappa shape index (κ2) is 6.22. The lowest BCUT2D eigenvalue weighted by Gasteiger charge is -2.23. The molecule has 0 aliphatic carbocycles. The topological polar surface area (TPSA) is 47.3 Å². The lowest BCUT2D eigenvalue weighted by atomic mass is 9.89. The van der Waals surface area contributed by atoms with Gasteiger partial charge < -0.3 is 5.11 Å². The molecule has 0 aromatic rings. The Balaban J connectivity index is 2.14. The second-order valence-corrected chi connectivity index (χ2v) is 5.47. The summed E-state index contributed by atoms with van der Waals surface area (Å²) in [6.45, 7) is 6.50. The van der Waals surface area contributed by atoms with Crippen LogP contribution in [0.1, 0.15) is 46.0 Å². The van der Waals surface area contributed by atoms with Gasteiger partial charge in [0.2, 0.25) is 0 Å². The molecule has 1 heterocycles. The first kappa shape index (κ1) is 13.5. The average molecular weight is 224 g/mol. The van der Waals surface area contributed by atoms with E-state index in [4.69, 9.17) is 5.26 Å². The highest BCUT2D eigenvalue weighted by molar-refractivity contribution is 4.91. The van der Waals surface area contributed by atoms with Gasteiger partial charge in [0.25, 0.3) is 0 Å². The number of likely N-dealkylation sites (tertiary alicyclic amines) is 1. The number of aliphatic hydroxyl groups is 1. The third kappa shape index (κ3) is 4.11. The molecule has 1 saturated heterocycles. The Labute approximate surface area is 99.1 Å². The number of aliphatic hydroxyl groups excluding tert-OH is 1. The van der Waals surface area contributed by atoms with Crippen LogP contribution in [0.25, 0.3) is 0 Å². The van der Waals surface area contributed by atoms with E-state index in [1.807, 2.05) is 13.8 Å². The number of hydrogen-bond acceptors (Lipinski definition) is 3. The van der Waals surface area contributed by atoms with Crippen molar-refractivity contribution < 1.29 is 5.11 Å². The van der Waals surface area contributed by atoms with Gasteiger partial charge in [-0.1, -0.05) is 6.42 Å². The molecule has 0 saturated carbocycles. The van der Waals surface area contributed by atoms with E-state index < -0.39 is 0 Å². The van der Waals surface area contributed by atoms with Gasteiger partial charge in [-0.2, -0.15) is 5.26 Å². The fourth-order valence-corrected chi connectivity index (χ4v) is 2.33. The molecule has 92 valence electrons. The molecular weight excluding hydrogens is 200 g/mol. The van der Waals surface area contributed by atoms with Crippen LogP contribution >= 0.6 is 0 Å². The molecule has 1 N–H and O–H groups in total. The summed E-state index contributed by atoms with van der Waals surface area (Å²) in [5.41, 5.74) is -0.179. The molecule has 0 amide bonds. The van der Waals surface area contributed by atoms with E-state index in [-0.39, 0.29) is 5.41 Å². The van der Waals surface area contributed by atoms with Crippen LogP contribution in [0.3, 0.4) is 0 Å². The maximum Gasteiger partial charge on any atom is 0.0683 e. The Morgan fingerprint density at radius 1 is 1.44 bits per heavy atom. The molecule has 0 unspecified atom stereocenters. The van der Waals surface area contributed by atoms with Gasteiger partial charge in [-0.25, -0.2) is 0 Å². The minimum atomic E-state index is -0.179. The van der Waals surface area contributed by atoms with Gasteiger partial charge in [0.05, 0.1) is 18.1 Å². The van der Waals surface area contributed by atoms with E-state index in [2.05, 4.69) is 11.0 Å². The maximum atomic E-state index is 9.18. The zero-order valence-corrected chi connectivity index (χ0v) is 10.6. The summed E-state index contributed by atoms with van der Waals surface area (Å²) in [4.78, 5) is 2.39. The summed E-state index contributed by atoms with van der Waals surface area (Å²) in [6, 6.07) is 2.73. The van der Waals surface area contributed by atoms with Crippen LogP contribution in [0.2, 0.25) is 0 Å². The van der Waals surface area contributed by atoms with E-state index in [0.717, 1.165) is 38.8 Å². The van der Waals surface area contributed by atoms with Gasteiger partial charge >= 0.3 is 0 Å². The van der Waals surface area contributed by atoms with Crippen molar-refractivity contribution in [1.29, 1.82) is 5.26 Å². The van der Waals surface area contributed by atoms with Crippen LogP contribution in [-0.2, 0) is 0 Å². The zero-order chi connectivity index (χ0) is 12.0. The van der Waals surface area contributed by atoms with Gasteiger partial charge in [-0.3, -0.25) is 4.90 Å². The fourth-order valence-electron chi connectivity index (χ4n) is 2.33. The van der Waals surface area contributed by atoms with Gasteiger partial charge in [-0.15, -0.1) is 0 Å². The standard InChI is InChI=1S/C13H24N2O/c1-13(2,11-14)7-3-4-8-15-9-5-6-12(15)10-16/h12,16H,3-10H2,1-2H3/t12-/m0/s1. The zero-order valence-electron chi connectivity index (χ0n) is 10.6. The van der Waals surface area contributed by atoms with Gasteiger partial charge in [0, 0.05) is 6.04 Å². The molecule has 1 fully saturated rings. The Hall–Kier alpha value is -0.590. The van der Waals surface area contributed by atoms with Crippen LogP contribution < -0.4 is 0 Å². The van der Waals surface area contributed by atoms with E-state index in [1.54, 1.807) is 0 Å². The number of rotatable bonds is 6. The summed E-state index contributed by atoms with van der Waals surface area (Å²) < 4.78 is 0. The quantitative estimate of drug-likeness (QED) is 0.703. The summed E-state index contributed by atoms with van der Waals surface area (Å²) in [7, 11) is 0. The molecule has 1 atom stereocenters. The van der Waals surface area contributed by atoms with E-state index in [9.17, 15) is 5.11 Å². The number of nitrogens with zero attached hydrogens (tertiary/aromatic N) is 2. The Bertz CT molecular complexity index is 245. The number of unbranched alkanes of at least 4 members (excludes halogenated alkanes) is 1. The molecule has 0 radical (unpaired) electrons. The highest BCUT2D eigenvalue weighted by Crippen LogP contribution is 2.23. The van der Waals surface area contributed by atoms with Crippen LogP contribution in [-0.4, -0.2) is 35.7 Å². The molecule has 0 spiro atoms. The van der Waals surface area contributed by atoms with Crippen molar-refractivity contribution in [3.63, 3.8) is 0 Å². The van der Waals surface area contributed by atoms with Crippen molar-refractivity contribution in [3.8, 4) is 6.07 Å². The van der Waals surface area contributed by atoms with Gasteiger partial charge in [-0.05, 0) is 52.6 Å². The Kier molecular flexibility index (Phi) is 5.24. The van der Waals surface area contributed by atoms with Crippen molar-refractivity contribution in [1.82, 2.24) is 4.90 Å². The first-order valence-electron chi connectivity index (χ1n) is 6.35. The predicted molar refractivity (Wildman–Crippen MR) is 64.9 cm³/mol. The summed E-state index contributed by atoms with van der Waals surface area (Å²) in [5, 5.41) is 18.1. The smallest absolute Gasteiger partial charge is 0.0683 e. The van der Waals surface area contributed by atoms with Crippen LogP contribution in [0, 0.1) is 16.7 Å². The van der Waals surface area contributed by atoms with Crippen molar-refractivity contribution >= 4 is 0 Å². The minimum Gasteiger partial charge on any atom is -0.395 e. The largest absolute Gasteiger partial charge is 0.395 e. The van der Waals surface area contributed by atoms with Crippen molar-refractivity contribution in [3.05, 3.63) is 0 Å². The first-order chi connectivity index (χ1) is 7.59. The number of nitriles is 1. The number of hydrogen-bond donors (Lipinski definition) is 1. The Morgan fingerprint density at radius 2 is 2.19 bits per heavy atom. The molecule has 16 heavy (non-hydrogen) atoms. The lowest BCUT2D eigenvalue weighted by molar-refractivity contribution is 0.156. The summed E-state index contributed by atoms with van der Waals surface area (Å²) >= 11 is 0. The molecule has 1 aliphatic heterocycles. The molecular formula is C13H24N2O.